The molecule has 3 aromatic rings. The number of carbonyl (C=O) groups excluding carboxylic acids is 3. The first-order valence-electron chi connectivity index (χ1n) is 12.1. The summed E-state index contributed by atoms with van der Waals surface area (Å²) in [6, 6.07) is 6.02. The van der Waals surface area contributed by atoms with Crippen molar-refractivity contribution in [2.75, 3.05) is 25.0 Å². The van der Waals surface area contributed by atoms with Gasteiger partial charge in [0.2, 0.25) is 5.82 Å². The van der Waals surface area contributed by atoms with Crippen LogP contribution in [0.5, 0.6) is 0 Å². The summed E-state index contributed by atoms with van der Waals surface area (Å²) in [5, 5.41) is 9.47. The van der Waals surface area contributed by atoms with Gasteiger partial charge in [0.15, 0.2) is 5.82 Å². The number of imidazole rings is 1. The summed E-state index contributed by atoms with van der Waals surface area (Å²) in [7, 11) is 1.73. The standard InChI is InChI=1S/C24H28N8O3/c1-13-10-25-23(34)18-9-14-3-6-17(27-20(14)32(13)18)22(33)29-19-12-30(2)21(28-19)24(35)26-15-7-8-31(11-15)16-4-5-16/h3,6,9,12-13,15-16H,4-5,7-8,10-11H2,1-2H3,(H,25,34)(H,26,35)(H,29,33)/t13-,15-/m1/s1. The van der Waals surface area contributed by atoms with E-state index in [1.807, 2.05) is 11.5 Å². The summed E-state index contributed by atoms with van der Waals surface area (Å²) in [6.45, 7) is 4.39. The monoisotopic (exact) mass is 476 g/mol. The molecule has 1 saturated heterocycles. The van der Waals surface area contributed by atoms with Gasteiger partial charge in [-0.15, -0.1) is 0 Å². The number of aromatic nitrogens is 4. The molecule has 11 heteroatoms. The number of pyridine rings is 1. The Hall–Kier alpha value is -3.73. The van der Waals surface area contributed by atoms with Gasteiger partial charge in [-0.25, -0.2) is 9.97 Å². The molecule has 182 valence electrons. The average molecular weight is 477 g/mol. The van der Waals surface area contributed by atoms with Gasteiger partial charge in [-0.05, 0) is 44.4 Å². The van der Waals surface area contributed by atoms with E-state index in [0.29, 0.717) is 23.9 Å². The molecule has 0 spiro atoms. The Morgan fingerprint density at radius 2 is 1.97 bits per heavy atom. The molecule has 1 saturated carbocycles. The zero-order chi connectivity index (χ0) is 24.3. The number of aryl methyl sites for hydroxylation is 1. The predicted molar refractivity (Wildman–Crippen MR) is 128 cm³/mol. The van der Waals surface area contributed by atoms with Gasteiger partial charge in [0, 0.05) is 50.3 Å². The van der Waals surface area contributed by atoms with Crippen molar-refractivity contribution < 1.29 is 14.4 Å². The maximum Gasteiger partial charge on any atom is 0.287 e. The van der Waals surface area contributed by atoms with Crippen molar-refractivity contribution in [3.63, 3.8) is 0 Å². The Morgan fingerprint density at radius 3 is 2.77 bits per heavy atom. The summed E-state index contributed by atoms with van der Waals surface area (Å²) >= 11 is 0. The fraction of sp³-hybridized carbons (Fsp3) is 0.458. The minimum absolute atomic E-state index is 0.0269. The molecular formula is C24H28N8O3. The zero-order valence-corrected chi connectivity index (χ0v) is 19.7. The lowest BCUT2D eigenvalue weighted by molar-refractivity contribution is 0.0913. The molecule has 2 aliphatic heterocycles. The molecule has 3 amide bonds. The number of amides is 3. The van der Waals surface area contributed by atoms with Gasteiger partial charge in [-0.3, -0.25) is 19.3 Å². The average Bonchev–Trinajstić information content (AvgIpc) is 3.27. The highest BCUT2D eigenvalue weighted by Crippen LogP contribution is 2.30. The zero-order valence-electron chi connectivity index (χ0n) is 19.7. The number of likely N-dealkylation sites (tertiary alicyclic amines) is 1. The molecule has 1 aliphatic carbocycles. The Labute approximate surface area is 201 Å². The van der Waals surface area contributed by atoms with Crippen LogP contribution in [-0.2, 0) is 7.05 Å². The van der Waals surface area contributed by atoms with Crippen molar-refractivity contribution in [3.8, 4) is 0 Å². The van der Waals surface area contributed by atoms with Gasteiger partial charge < -0.3 is 25.1 Å². The molecule has 11 nitrogen and oxygen atoms in total. The third kappa shape index (κ3) is 3.95. The van der Waals surface area contributed by atoms with E-state index in [1.54, 1.807) is 36.0 Å². The lowest BCUT2D eigenvalue weighted by Gasteiger charge is -2.23. The number of carbonyl (C=O) groups is 3. The number of nitrogens with zero attached hydrogens (tertiary/aromatic N) is 5. The minimum atomic E-state index is -0.434. The van der Waals surface area contributed by atoms with Crippen molar-refractivity contribution in [2.24, 2.45) is 7.05 Å². The van der Waals surface area contributed by atoms with Gasteiger partial charge >= 0.3 is 0 Å². The van der Waals surface area contributed by atoms with E-state index in [9.17, 15) is 14.4 Å². The highest BCUT2D eigenvalue weighted by atomic mass is 16.2. The summed E-state index contributed by atoms with van der Waals surface area (Å²) in [4.78, 5) is 49.3. The molecule has 3 aromatic heterocycles. The minimum Gasteiger partial charge on any atom is -0.349 e. The van der Waals surface area contributed by atoms with Crippen LogP contribution in [0.4, 0.5) is 5.82 Å². The van der Waals surface area contributed by atoms with Crippen molar-refractivity contribution in [1.82, 2.24) is 34.6 Å². The number of hydrogen-bond donors (Lipinski definition) is 3. The highest BCUT2D eigenvalue weighted by molar-refractivity contribution is 6.05. The van der Waals surface area contributed by atoms with Crippen LogP contribution < -0.4 is 16.0 Å². The fourth-order valence-electron chi connectivity index (χ4n) is 5.11. The van der Waals surface area contributed by atoms with Crippen LogP contribution in [0.15, 0.2) is 24.4 Å². The first-order valence-corrected chi connectivity index (χ1v) is 12.1. The highest BCUT2D eigenvalue weighted by Gasteiger charge is 2.35. The smallest absolute Gasteiger partial charge is 0.287 e. The molecule has 0 unspecified atom stereocenters. The van der Waals surface area contributed by atoms with Crippen LogP contribution in [0.2, 0.25) is 0 Å². The van der Waals surface area contributed by atoms with Crippen LogP contribution in [0.1, 0.15) is 63.8 Å². The van der Waals surface area contributed by atoms with E-state index in [1.165, 1.54) is 12.8 Å². The Bertz CT molecular complexity index is 1350. The second-order valence-electron chi connectivity index (χ2n) is 9.77. The van der Waals surface area contributed by atoms with Gasteiger partial charge in [0.05, 0.1) is 6.04 Å². The first kappa shape index (κ1) is 21.8. The molecule has 0 radical (unpaired) electrons. The second kappa shape index (κ2) is 8.19. The topological polar surface area (TPSA) is 126 Å². The van der Waals surface area contributed by atoms with Crippen molar-refractivity contribution in [2.45, 2.75) is 44.3 Å². The fourth-order valence-corrected chi connectivity index (χ4v) is 5.11. The summed E-state index contributed by atoms with van der Waals surface area (Å²) < 4.78 is 3.47. The summed E-state index contributed by atoms with van der Waals surface area (Å²) in [5.41, 5.74) is 1.33. The maximum atomic E-state index is 13.0. The van der Waals surface area contributed by atoms with Crippen molar-refractivity contribution in [1.29, 1.82) is 0 Å². The molecule has 3 aliphatic rings. The molecule has 6 rings (SSSR count). The van der Waals surface area contributed by atoms with Crippen LogP contribution in [-0.4, -0.2) is 73.4 Å². The quantitative estimate of drug-likeness (QED) is 0.510. The molecule has 0 bridgehead atoms. The number of anilines is 1. The van der Waals surface area contributed by atoms with Gasteiger partial charge in [0.1, 0.15) is 17.0 Å². The normalized spacial score (nSPS) is 22.2. The van der Waals surface area contributed by atoms with E-state index >= 15 is 0 Å². The second-order valence-corrected chi connectivity index (χ2v) is 9.77. The van der Waals surface area contributed by atoms with Crippen molar-refractivity contribution in [3.05, 3.63) is 41.6 Å². The Morgan fingerprint density at radius 1 is 1.14 bits per heavy atom. The number of fused-ring (bicyclic) bond motifs is 3. The summed E-state index contributed by atoms with van der Waals surface area (Å²) in [5.74, 6) is -0.308. The van der Waals surface area contributed by atoms with E-state index < -0.39 is 5.91 Å². The molecule has 35 heavy (non-hydrogen) atoms. The van der Waals surface area contributed by atoms with Crippen molar-refractivity contribution >= 4 is 34.6 Å². The van der Waals surface area contributed by atoms with Crippen LogP contribution in [0, 0.1) is 0 Å². The molecule has 2 atom stereocenters. The van der Waals surface area contributed by atoms with E-state index in [2.05, 4.69) is 30.8 Å². The number of nitrogens with one attached hydrogen (secondary N) is 3. The largest absolute Gasteiger partial charge is 0.349 e. The van der Waals surface area contributed by atoms with Crippen LogP contribution in [0.25, 0.3) is 11.0 Å². The SMILES string of the molecule is C[C@@H]1CNC(=O)c2cc3ccc(C(=O)Nc4cn(C)c(C(=O)N[C@@H]5CCN(C6CC6)C5)n4)nc3n21. The summed E-state index contributed by atoms with van der Waals surface area (Å²) in [6.07, 6.45) is 5.06. The number of rotatable bonds is 5. The van der Waals surface area contributed by atoms with Gasteiger partial charge in [-0.2, -0.15) is 0 Å². The van der Waals surface area contributed by atoms with Crippen LogP contribution in [0.3, 0.4) is 0 Å². The molecule has 2 fully saturated rings. The third-order valence-corrected chi connectivity index (χ3v) is 7.09. The van der Waals surface area contributed by atoms with E-state index in [0.717, 1.165) is 24.9 Å². The molecule has 3 N–H and O–H groups in total. The predicted octanol–water partition coefficient (Wildman–Crippen LogP) is 1.29. The van der Waals surface area contributed by atoms with E-state index in [4.69, 9.17) is 0 Å². The molecule has 0 aromatic carbocycles. The lowest BCUT2D eigenvalue weighted by atomic mass is 10.2. The third-order valence-electron chi connectivity index (χ3n) is 7.09. The Kier molecular flexibility index (Phi) is 5.10. The first-order chi connectivity index (χ1) is 16.9. The van der Waals surface area contributed by atoms with Gasteiger partial charge in [-0.1, -0.05) is 0 Å². The van der Waals surface area contributed by atoms with Crippen LogP contribution >= 0.6 is 0 Å². The maximum absolute atomic E-state index is 13.0. The Balaban J connectivity index is 1.17. The van der Waals surface area contributed by atoms with E-state index in [-0.39, 0.29) is 41.2 Å². The molecule has 5 heterocycles. The molecular weight excluding hydrogens is 448 g/mol. The van der Waals surface area contributed by atoms with Gasteiger partial charge in [0.25, 0.3) is 17.7 Å². The lowest BCUT2D eigenvalue weighted by Crippen LogP contribution is -2.38. The number of hydrogen-bond acceptors (Lipinski definition) is 6.